The van der Waals surface area contributed by atoms with Crippen molar-refractivity contribution in [1.82, 2.24) is 10.2 Å². The Hall–Kier alpha value is -0.290. The molecule has 5 heteroatoms. The van der Waals surface area contributed by atoms with Crippen molar-refractivity contribution >= 4 is 24.0 Å². The van der Waals surface area contributed by atoms with Gasteiger partial charge >= 0.3 is 0 Å². The molecule has 0 aliphatic heterocycles. The zero-order valence-corrected chi connectivity index (χ0v) is 8.80. The molecule has 0 aliphatic carbocycles. The summed E-state index contributed by atoms with van der Waals surface area (Å²) >= 11 is 6.60. The van der Waals surface area contributed by atoms with Crippen LogP contribution in [0, 0.1) is 4.84 Å². The first-order valence-corrected chi connectivity index (χ1v) is 5.58. The van der Waals surface area contributed by atoms with Gasteiger partial charge in [-0.25, -0.2) is 5.10 Å². The van der Waals surface area contributed by atoms with Crippen LogP contribution in [0.2, 0.25) is 0 Å². The number of nitrogens with zero attached hydrogens (tertiary/aromatic N) is 1. The number of hydrogen-bond acceptors (Lipinski definition) is 4. The third kappa shape index (κ3) is 2.64. The van der Waals surface area contributed by atoms with Gasteiger partial charge in [0, 0.05) is 5.92 Å². The largest absolute Gasteiger partial charge is 0.414 e. The number of aromatic nitrogens is 2. The maximum absolute atomic E-state index is 5.18. The SMILES string of the molecule is CSCCC(C)c1n[nH]c(=S)o1. The molecule has 1 heterocycles. The van der Waals surface area contributed by atoms with Crippen LogP contribution in [0.5, 0.6) is 0 Å². The Morgan fingerprint density at radius 1 is 1.75 bits per heavy atom. The minimum absolute atomic E-state index is 0.352. The number of nitrogens with one attached hydrogen (secondary N) is 1. The summed E-state index contributed by atoms with van der Waals surface area (Å²) in [6.07, 6.45) is 3.16. The summed E-state index contributed by atoms with van der Waals surface area (Å²) in [5, 5.41) is 6.58. The molecule has 1 unspecified atom stereocenters. The number of aromatic amines is 1. The molecule has 0 aromatic carbocycles. The Kier molecular flexibility index (Phi) is 3.81. The first kappa shape index (κ1) is 9.80. The van der Waals surface area contributed by atoms with Crippen molar-refractivity contribution in [2.75, 3.05) is 12.0 Å². The summed E-state index contributed by atoms with van der Waals surface area (Å²) in [5.41, 5.74) is 0. The van der Waals surface area contributed by atoms with E-state index in [0.29, 0.717) is 16.6 Å². The lowest BCUT2D eigenvalue weighted by atomic mass is 10.1. The average Bonchev–Trinajstić information content (AvgIpc) is 2.47. The van der Waals surface area contributed by atoms with E-state index in [1.165, 1.54) is 0 Å². The molecule has 0 radical (unpaired) electrons. The normalized spacial score (nSPS) is 13.2. The highest BCUT2D eigenvalue weighted by molar-refractivity contribution is 7.98. The second kappa shape index (κ2) is 4.67. The Labute approximate surface area is 80.9 Å². The summed E-state index contributed by atoms with van der Waals surface area (Å²) < 4.78 is 5.18. The summed E-state index contributed by atoms with van der Waals surface area (Å²) in [6, 6.07) is 0. The fourth-order valence-electron chi connectivity index (χ4n) is 0.870. The van der Waals surface area contributed by atoms with E-state index in [9.17, 15) is 0 Å². The molecule has 0 bridgehead atoms. The molecule has 1 rings (SSSR count). The zero-order valence-electron chi connectivity index (χ0n) is 7.16. The minimum Gasteiger partial charge on any atom is -0.414 e. The first-order valence-electron chi connectivity index (χ1n) is 3.78. The molecule has 0 fully saturated rings. The van der Waals surface area contributed by atoms with E-state index in [1.807, 2.05) is 11.8 Å². The van der Waals surface area contributed by atoms with E-state index in [0.717, 1.165) is 12.2 Å². The summed E-state index contributed by atoms with van der Waals surface area (Å²) in [4.78, 5) is 0.362. The smallest absolute Gasteiger partial charge is 0.284 e. The van der Waals surface area contributed by atoms with Crippen LogP contribution in [0.25, 0.3) is 0 Å². The summed E-state index contributed by atoms with van der Waals surface area (Å²) in [7, 11) is 0. The molecule has 12 heavy (non-hydrogen) atoms. The van der Waals surface area contributed by atoms with Crippen LogP contribution in [0.4, 0.5) is 0 Å². The van der Waals surface area contributed by atoms with Gasteiger partial charge in [0.2, 0.25) is 5.89 Å². The Balaban J connectivity index is 2.53. The molecule has 68 valence electrons. The number of thioether (sulfide) groups is 1. The topological polar surface area (TPSA) is 41.8 Å². The van der Waals surface area contributed by atoms with Gasteiger partial charge in [-0.1, -0.05) is 6.92 Å². The second-order valence-corrected chi connectivity index (χ2v) is 3.99. The zero-order chi connectivity index (χ0) is 8.97. The van der Waals surface area contributed by atoms with Crippen LogP contribution < -0.4 is 0 Å². The highest BCUT2D eigenvalue weighted by atomic mass is 32.2. The van der Waals surface area contributed by atoms with E-state index in [2.05, 4.69) is 23.4 Å². The average molecular weight is 204 g/mol. The van der Waals surface area contributed by atoms with Crippen molar-refractivity contribution in [3.8, 4) is 0 Å². The predicted molar refractivity (Wildman–Crippen MR) is 53.1 cm³/mol. The van der Waals surface area contributed by atoms with Crippen molar-refractivity contribution in [2.45, 2.75) is 19.3 Å². The molecule has 0 saturated carbocycles. The quantitative estimate of drug-likeness (QED) is 0.765. The van der Waals surface area contributed by atoms with Crippen LogP contribution in [-0.2, 0) is 0 Å². The van der Waals surface area contributed by atoms with E-state index in [4.69, 9.17) is 16.6 Å². The molecule has 0 spiro atoms. The molecule has 1 aromatic rings. The number of hydrogen-bond donors (Lipinski definition) is 1. The van der Waals surface area contributed by atoms with Crippen LogP contribution in [0.3, 0.4) is 0 Å². The molecule has 0 saturated heterocycles. The molecule has 3 nitrogen and oxygen atoms in total. The van der Waals surface area contributed by atoms with Gasteiger partial charge in [0.05, 0.1) is 0 Å². The van der Waals surface area contributed by atoms with Crippen LogP contribution in [0.15, 0.2) is 4.42 Å². The van der Waals surface area contributed by atoms with Gasteiger partial charge in [-0.3, -0.25) is 0 Å². The minimum atomic E-state index is 0.352. The fourth-order valence-corrected chi connectivity index (χ4v) is 1.59. The lowest BCUT2D eigenvalue weighted by molar-refractivity contribution is 0.444. The van der Waals surface area contributed by atoms with Gasteiger partial charge in [-0.2, -0.15) is 11.8 Å². The van der Waals surface area contributed by atoms with E-state index < -0.39 is 0 Å². The first-order chi connectivity index (χ1) is 5.74. The van der Waals surface area contributed by atoms with Gasteiger partial charge in [-0.05, 0) is 30.6 Å². The third-order valence-corrected chi connectivity index (χ3v) is 2.45. The summed E-state index contributed by atoms with van der Waals surface area (Å²) in [5.74, 6) is 2.19. The molecule has 0 aliphatic rings. The van der Waals surface area contributed by atoms with E-state index >= 15 is 0 Å². The number of rotatable bonds is 4. The lowest BCUT2D eigenvalue weighted by Crippen LogP contribution is -1.95. The van der Waals surface area contributed by atoms with E-state index in [-0.39, 0.29) is 0 Å². The Bertz CT molecular complexity index is 281. The van der Waals surface area contributed by atoms with Gasteiger partial charge in [0.1, 0.15) is 0 Å². The van der Waals surface area contributed by atoms with Crippen molar-refractivity contribution in [3.63, 3.8) is 0 Å². The van der Waals surface area contributed by atoms with Crippen molar-refractivity contribution < 1.29 is 4.42 Å². The Morgan fingerprint density at radius 3 is 3.00 bits per heavy atom. The monoisotopic (exact) mass is 204 g/mol. The maximum atomic E-state index is 5.18. The molecular weight excluding hydrogens is 192 g/mol. The van der Waals surface area contributed by atoms with Crippen LogP contribution >= 0.6 is 24.0 Å². The third-order valence-electron chi connectivity index (χ3n) is 1.63. The maximum Gasteiger partial charge on any atom is 0.284 e. The molecule has 1 N–H and O–H groups in total. The fraction of sp³-hybridized carbons (Fsp3) is 0.714. The highest BCUT2D eigenvalue weighted by Crippen LogP contribution is 2.17. The van der Waals surface area contributed by atoms with E-state index in [1.54, 1.807) is 0 Å². The van der Waals surface area contributed by atoms with Crippen molar-refractivity contribution in [1.29, 1.82) is 0 Å². The van der Waals surface area contributed by atoms with Gasteiger partial charge in [0.25, 0.3) is 4.84 Å². The molecular formula is C7H12N2OS2. The van der Waals surface area contributed by atoms with Gasteiger partial charge in [-0.15, -0.1) is 5.10 Å². The highest BCUT2D eigenvalue weighted by Gasteiger charge is 2.09. The van der Waals surface area contributed by atoms with Crippen molar-refractivity contribution in [2.24, 2.45) is 0 Å². The number of H-pyrrole nitrogens is 1. The molecule has 1 aromatic heterocycles. The predicted octanol–water partition coefficient (Wildman–Crippen LogP) is 2.59. The lowest BCUT2D eigenvalue weighted by Gasteiger charge is -2.03. The molecule has 1 atom stereocenters. The second-order valence-electron chi connectivity index (χ2n) is 2.63. The van der Waals surface area contributed by atoms with Gasteiger partial charge < -0.3 is 4.42 Å². The van der Waals surface area contributed by atoms with Gasteiger partial charge in [0.15, 0.2) is 0 Å². The van der Waals surface area contributed by atoms with Crippen LogP contribution in [-0.4, -0.2) is 22.2 Å². The molecule has 0 amide bonds. The Morgan fingerprint density at radius 2 is 2.50 bits per heavy atom. The summed E-state index contributed by atoms with van der Waals surface area (Å²) in [6.45, 7) is 2.09. The van der Waals surface area contributed by atoms with Crippen LogP contribution in [0.1, 0.15) is 25.2 Å². The standard InChI is InChI=1S/C7H12N2OS2/c1-5(3-4-12-2)6-8-9-7(11)10-6/h5H,3-4H2,1-2H3,(H,9,11). The van der Waals surface area contributed by atoms with Crippen molar-refractivity contribution in [3.05, 3.63) is 10.7 Å².